The Labute approximate surface area is 148 Å². The molecule has 0 saturated heterocycles. The molecular formula is C22H21NO2. The Morgan fingerprint density at radius 2 is 1.52 bits per heavy atom. The minimum absolute atomic E-state index is 0.0111. The first-order valence-corrected chi connectivity index (χ1v) is 8.40. The van der Waals surface area contributed by atoms with Crippen LogP contribution >= 0.6 is 0 Å². The Morgan fingerprint density at radius 3 is 2.20 bits per heavy atom. The highest BCUT2D eigenvalue weighted by molar-refractivity contribution is 6.02. The Bertz CT molecular complexity index is 829. The number of nitrogens with one attached hydrogen (secondary N) is 1. The standard InChI is InChI=1S/C22H21NO2/c24-15-14-19-12-7-13-20(18-10-5-2-6-11-18)21(19)22(25)23-16-17-8-3-1-4-9-17/h1-13,24H,14-16H2,(H,23,25). The maximum atomic E-state index is 12.9. The number of benzene rings is 3. The predicted molar refractivity (Wildman–Crippen MR) is 100 cm³/mol. The first-order chi connectivity index (χ1) is 12.3. The maximum absolute atomic E-state index is 12.9. The number of hydrogen-bond donors (Lipinski definition) is 2. The van der Waals surface area contributed by atoms with Crippen LogP contribution in [-0.2, 0) is 13.0 Å². The van der Waals surface area contributed by atoms with Gasteiger partial charge in [0.1, 0.15) is 0 Å². The quantitative estimate of drug-likeness (QED) is 0.721. The van der Waals surface area contributed by atoms with Crippen LogP contribution in [0.3, 0.4) is 0 Å². The van der Waals surface area contributed by atoms with E-state index in [9.17, 15) is 9.90 Å². The second-order valence-corrected chi connectivity index (χ2v) is 5.85. The van der Waals surface area contributed by atoms with Crippen molar-refractivity contribution in [3.63, 3.8) is 0 Å². The van der Waals surface area contributed by atoms with E-state index in [0.717, 1.165) is 22.3 Å². The summed E-state index contributed by atoms with van der Waals surface area (Å²) in [6.07, 6.45) is 0.453. The summed E-state index contributed by atoms with van der Waals surface area (Å²) in [5.41, 5.74) is 4.43. The van der Waals surface area contributed by atoms with Crippen LogP contribution in [0.15, 0.2) is 78.9 Å². The first-order valence-electron chi connectivity index (χ1n) is 8.40. The maximum Gasteiger partial charge on any atom is 0.252 e. The van der Waals surface area contributed by atoms with Crippen LogP contribution in [-0.4, -0.2) is 17.6 Å². The van der Waals surface area contributed by atoms with Crippen molar-refractivity contribution in [3.8, 4) is 11.1 Å². The lowest BCUT2D eigenvalue weighted by Gasteiger charge is -2.15. The van der Waals surface area contributed by atoms with Crippen LogP contribution in [0.25, 0.3) is 11.1 Å². The summed E-state index contributed by atoms with van der Waals surface area (Å²) < 4.78 is 0. The molecule has 0 atom stereocenters. The first kappa shape index (κ1) is 16.9. The second kappa shape index (κ2) is 8.27. The monoisotopic (exact) mass is 331 g/mol. The SMILES string of the molecule is O=C(NCc1ccccc1)c1c(CCO)cccc1-c1ccccc1. The molecule has 3 nitrogen and oxygen atoms in total. The lowest BCUT2D eigenvalue weighted by molar-refractivity contribution is 0.0950. The molecule has 1 amide bonds. The molecule has 0 heterocycles. The van der Waals surface area contributed by atoms with Gasteiger partial charge in [-0.3, -0.25) is 4.79 Å². The largest absolute Gasteiger partial charge is 0.396 e. The molecule has 0 radical (unpaired) electrons. The zero-order valence-corrected chi connectivity index (χ0v) is 14.0. The number of aliphatic hydroxyl groups excluding tert-OH is 1. The molecule has 0 bridgehead atoms. The van der Waals surface area contributed by atoms with E-state index in [0.29, 0.717) is 18.5 Å². The third-order valence-electron chi connectivity index (χ3n) is 4.14. The zero-order chi connectivity index (χ0) is 17.5. The normalized spacial score (nSPS) is 10.4. The van der Waals surface area contributed by atoms with Gasteiger partial charge < -0.3 is 10.4 Å². The lowest BCUT2D eigenvalue weighted by atomic mass is 9.93. The Balaban J connectivity index is 1.93. The van der Waals surface area contributed by atoms with Crippen molar-refractivity contribution in [2.45, 2.75) is 13.0 Å². The number of rotatable bonds is 6. The molecule has 0 fully saturated rings. The fourth-order valence-electron chi connectivity index (χ4n) is 2.92. The molecule has 0 aliphatic carbocycles. The molecule has 0 saturated carbocycles. The van der Waals surface area contributed by atoms with Gasteiger partial charge in [0.25, 0.3) is 5.91 Å². The number of carbonyl (C=O) groups is 1. The average Bonchev–Trinajstić information content (AvgIpc) is 2.68. The van der Waals surface area contributed by atoms with Gasteiger partial charge in [-0.05, 0) is 28.7 Å². The summed E-state index contributed by atoms with van der Waals surface area (Å²) in [6.45, 7) is 0.485. The molecular weight excluding hydrogens is 310 g/mol. The highest BCUT2D eigenvalue weighted by Crippen LogP contribution is 2.26. The Kier molecular flexibility index (Phi) is 5.60. The second-order valence-electron chi connectivity index (χ2n) is 5.85. The van der Waals surface area contributed by atoms with E-state index in [4.69, 9.17) is 0 Å². The van der Waals surface area contributed by atoms with E-state index in [2.05, 4.69) is 5.32 Å². The summed E-state index contributed by atoms with van der Waals surface area (Å²) >= 11 is 0. The van der Waals surface area contributed by atoms with Crippen molar-refractivity contribution < 1.29 is 9.90 Å². The van der Waals surface area contributed by atoms with Crippen LogP contribution in [0, 0.1) is 0 Å². The van der Waals surface area contributed by atoms with E-state index < -0.39 is 0 Å². The van der Waals surface area contributed by atoms with Crippen LogP contribution in [0.2, 0.25) is 0 Å². The topological polar surface area (TPSA) is 49.3 Å². The van der Waals surface area contributed by atoms with Gasteiger partial charge in [-0.1, -0.05) is 78.9 Å². The summed E-state index contributed by atoms with van der Waals surface area (Å²) in [5, 5.41) is 12.4. The van der Waals surface area contributed by atoms with Crippen LogP contribution in [0.1, 0.15) is 21.5 Å². The van der Waals surface area contributed by atoms with Gasteiger partial charge in [-0.2, -0.15) is 0 Å². The fourth-order valence-corrected chi connectivity index (χ4v) is 2.92. The predicted octanol–water partition coefficient (Wildman–Crippen LogP) is 3.82. The van der Waals surface area contributed by atoms with Crippen molar-refractivity contribution in [2.75, 3.05) is 6.61 Å². The highest BCUT2D eigenvalue weighted by atomic mass is 16.3. The van der Waals surface area contributed by atoms with Crippen molar-refractivity contribution >= 4 is 5.91 Å². The smallest absolute Gasteiger partial charge is 0.252 e. The van der Waals surface area contributed by atoms with Crippen molar-refractivity contribution in [2.24, 2.45) is 0 Å². The molecule has 2 N–H and O–H groups in total. The number of aliphatic hydroxyl groups is 1. The average molecular weight is 331 g/mol. The molecule has 0 aliphatic rings. The van der Waals surface area contributed by atoms with E-state index in [1.54, 1.807) is 0 Å². The highest BCUT2D eigenvalue weighted by Gasteiger charge is 2.17. The summed E-state index contributed by atoms with van der Waals surface area (Å²) in [4.78, 5) is 12.9. The van der Waals surface area contributed by atoms with Gasteiger partial charge in [0.05, 0.1) is 5.56 Å². The molecule has 0 aliphatic heterocycles. The molecule has 25 heavy (non-hydrogen) atoms. The van der Waals surface area contributed by atoms with Gasteiger partial charge in [0.15, 0.2) is 0 Å². The Hall–Kier alpha value is -2.91. The van der Waals surface area contributed by atoms with Gasteiger partial charge in [0.2, 0.25) is 0 Å². The van der Waals surface area contributed by atoms with Gasteiger partial charge in [-0.15, -0.1) is 0 Å². The molecule has 3 rings (SSSR count). The Morgan fingerprint density at radius 1 is 0.840 bits per heavy atom. The lowest BCUT2D eigenvalue weighted by Crippen LogP contribution is -2.25. The summed E-state index contributed by atoms with van der Waals surface area (Å²) in [5.74, 6) is -0.119. The number of carbonyl (C=O) groups excluding carboxylic acids is 1. The van der Waals surface area contributed by atoms with E-state index in [1.165, 1.54) is 0 Å². The van der Waals surface area contributed by atoms with Gasteiger partial charge in [0, 0.05) is 13.2 Å². The zero-order valence-electron chi connectivity index (χ0n) is 14.0. The van der Waals surface area contributed by atoms with Crippen LogP contribution < -0.4 is 5.32 Å². The molecule has 0 aromatic heterocycles. The van der Waals surface area contributed by atoms with Crippen molar-refractivity contribution in [1.82, 2.24) is 5.32 Å². The van der Waals surface area contributed by atoms with E-state index in [1.807, 2.05) is 78.9 Å². The third-order valence-corrected chi connectivity index (χ3v) is 4.14. The molecule has 126 valence electrons. The number of amides is 1. The molecule has 3 aromatic rings. The minimum Gasteiger partial charge on any atom is -0.396 e. The molecule has 0 unspecified atom stereocenters. The van der Waals surface area contributed by atoms with E-state index >= 15 is 0 Å². The third kappa shape index (κ3) is 4.14. The van der Waals surface area contributed by atoms with Crippen LogP contribution in [0.5, 0.6) is 0 Å². The van der Waals surface area contributed by atoms with Gasteiger partial charge in [-0.25, -0.2) is 0 Å². The number of hydrogen-bond acceptors (Lipinski definition) is 2. The van der Waals surface area contributed by atoms with Gasteiger partial charge >= 0.3 is 0 Å². The van der Waals surface area contributed by atoms with Crippen molar-refractivity contribution in [1.29, 1.82) is 0 Å². The summed E-state index contributed by atoms with van der Waals surface area (Å²) in [6, 6.07) is 25.5. The molecule has 0 spiro atoms. The fraction of sp³-hybridized carbons (Fsp3) is 0.136. The molecule has 3 aromatic carbocycles. The van der Waals surface area contributed by atoms with E-state index in [-0.39, 0.29) is 12.5 Å². The summed E-state index contributed by atoms with van der Waals surface area (Å²) in [7, 11) is 0. The van der Waals surface area contributed by atoms with Crippen LogP contribution in [0.4, 0.5) is 0 Å². The molecule has 3 heteroatoms. The van der Waals surface area contributed by atoms with Crippen molar-refractivity contribution in [3.05, 3.63) is 95.6 Å². The minimum atomic E-state index is -0.119.